The van der Waals surface area contributed by atoms with Crippen LogP contribution in [0, 0.1) is 0 Å². The summed E-state index contributed by atoms with van der Waals surface area (Å²) in [6.45, 7) is 0. The maximum absolute atomic E-state index is 11.0. The molecule has 5 nitrogen and oxygen atoms in total. The number of carbonyl (C=O) groups excluding carboxylic acids is 2. The van der Waals surface area contributed by atoms with E-state index in [4.69, 9.17) is 5.73 Å². The quantitative estimate of drug-likeness (QED) is 0.609. The van der Waals surface area contributed by atoms with E-state index in [2.05, 4.69) is 10.6 Å². The summed E-state index contributed by atoms with van der Waals surface area (Å²) in [6.07, 6.45) is 0.395. The van der Waals surface area contributed by atoms with Gasteiger partial charge in [0.05, 0.1) is 6.42 Å². The van der Waals surface area contributed by atoms with Gasteiger partial charge >= 0.3 is 6.03 Å². The number of amides is 3. The zero-order valence-electron chi connectivity index (χ0n) is 7.33. The van der Waals surface area contributed by atoms with E-state index >= 15 is 0 Å². The van der Waals surface area contributed by atoms with Gasteiger partial charge in [-0.1, -0.05) is 6.07 Å². The molecule has 72 valence electrons. The topological polar surface area (TPSA) is 84.2 Å². The van der Waals surface area contributed by atoms with E-state index in [1.807, 2.05) is 0 Å². The van der Waals surface area contributed by atoms with Gasteiger partial charge in [-0.2, -0.15) is 0 Å². The van der Waals surface area contributed by atoms with Gasteiger partial charge in [-0.05, 0) is 17.7 Å². The fourth-order valence-electron chi connectivity index (χ4n) is 1.43. The summed E-state index contributed by atoms with van der Waals surface area (Å²) in [5.41, 5.74) is 7.21. The van der Waals surface area contributed by atoms with Crippen LogP contribution in [0.5, 0.6) is 0 Å². The molecule has 0 spiro atoms. The van der Waals surface area contributed by atoms with E-state index in [-0.39, 0.29) is 5.91 Å². The molecule has 1 aromatic carbocycles. The van der Waals surface area contributed by atoms with Gasteiger partial charge in [0.25, 0.3) is 0 Å². The Morgan fingerprint density at radius 3 is 3.00 bits per heavy atom. The van der Waals surface area contributed by atoms with Gasteiger partial charge in [-0.25, -0.2) is 4.79 Å². The van der Waals surface area contributed by atoms with Gasteiger partial charge in [0.1, 0.15) is 0 Å². The Morgan fingerprint density at radius 2 is 2.29 bits per heavy atom. The first-order valence-electron chi connectivity index (χ1n) is 4.14. The number of nitrogens with two attached hydrogens (primary N) is 1. The van der Waals surface area contributed by atoms with Crippen LogP contribution in [-0.2, 0) is 11.2 Å². The smallest absolute Gasteiger partial charge is 0.316 e. The predicted octanol–water partition coefficient (Wildman–Crippen LogP) is 0.672. The van der Waals surface area contributed by atoms with E-state index in [1.54, 1.807) is 18.2 Å². The van der Waals surface area contributed by atoms with Crippen molar-refractivity contribution in [1.29, 1.82) is 0 Å². The van der Waals surface area contributed by atoms with Gasteiger partial charge in [-0.15, -0.1) is 0 Å². The van der Waals surface area contributed by atoms with E-state index < -0.39 is 6.03 Å². The summed E-state index contributed by atoms with van der Waals surface area (Å²) >= 11 is 0. The lowest BCUT2D eigenvalue weighted by Gasteiger charge is -2.03. The summed E-state index contributed by atoms with van der Waals surface area (Å²) in [5.74, 6) is -0.0313. The minimum absolute atomic E-state index is 0.0313. The third-order valence-electron chi connectivity index (χ3n) is 2.00. The average molecular weight is 191 g/mol. The van der Waals surface area contributed by atoms with Crippen LogP contribution >= 0.6 is 0 Å². The third-order valence-corrected chi connectivity index (χ3v) is 2.00. The summed E-state index contributed by atoms with van der Waals surface area (Å²) in [5, 5.41) is 5.12. The van der Waals surface area contributed by atoms with Crippen LogP contribution in [0.1, 0.15) is 5.56 Å². The predicted molar refractivity (Wildman–Crippen MR) is 52.0 cm³/mol. The molecule has 14 heavy (non-hydrogen) atoms. The molecule has 4 N–H and O–H groups in total. The third kappa shape index (κ3) is 1.52. The first-order chi connectivity index (χ1) is 6.65. The highest BCUT2D eigenvalue weighted by molar-refractivity contribution is 6.00. The molecular formula is C9H9N3O2. The Hall–Kier alpha value is -2.04. The van der Waals surface area contributed by atoms with Crippen LogP contribution < -0.4 is 16.4 Å². The van der Waals surface area contributed by atoms with E-state index in [0.29, 0.717) is 12.1 Å². The lowest BCUT2D eigenvalue weighted by Crippen LogP contribution is -2.19. The molecular weight excluding hydrogens is 182 g/mol. The van der Waals surface area contributed by atoms with Gasteiger partial charge in [-0.3, -0.25) is 4.79 Å². The summed E-state index contributed by atoms with van der Waals surface area (Å²) in [6, 6.07) is 4.57. The monoisotopic (exact) mass is 191 g/mol. The molecule has 0 aromatic heterocycles. The highest BCUT2D eigenvalue weighted by atomic mass is 16.2. The molecule has 0 bridgehead atoms. The fourth-order valence-corrected chi connectivity index (χ4v) is 1.43. The SMILES string of the molecule is NC(=O)Nc1ccc2c(c1)NC(=O)C2. The van der Waals surface area contributed by atoms with Crippen molar-refractivity contribution in [2.24, 2.45) is 5.73 Å². The van der Waals surface area contributed by atoms with Crippen LogP contribution in [-0.4, -0.2) is 11.9 Å². The molecule has 2 rings (SSSR count). The molecule has 0 saturated carbocycles. The molecule has 1 aromatic rings. The van der Waals surface area contributed by atoms with Gasteiger partial charge in [0.2, 0.25) is 5.91 Å². The molecule has 1 aliphatic heterocycles. The van der Waals surface area contributed by atoms with Gasteiger partial charge in [0, 0.05) is 11.4 Å². The number of fused-ring (bicyclic) bond motifs is 1. The van der Waals surface area contributed by atoms with Crippen LogP contribution in [0.15, 0.2) is 18.2 Å². The molecule has 0 saturated heterocycles. The molecule has 0 aliphatic carbocycles. The number of hydrogen-bond donors (Lipinski definition) is 3. The minimum Gasteiger partial charge on any atom is -0.351 e. The highest BCUT2D eigenvalue weighted by Crippen LogP contribution is 2.25. The second kappa shape index (κ2) is 3.02. The van der Waals surface area contributed by atoms with Crippen molar-refractivity contribution >= 4 is 23.3 Å². The number of carbonyl (C=O) groups is 2. The molecule has 0 unspecified atom stereocenters. The number of rotatable bonds is 1. The van der Waals surface area contributed by atoms with Gasteiger partial charge < -0.3 is 16.4 Å². The summed E-state index contributed by atoms with van der Waals surface area (Å²) in [4.78, 5) is 21.6. The van der Waals surface area contributed by atoms with Crippen molar-refractivity contribution in [2.75, 3.05) is 10.6 Å². The lowest BCUT2D eigenvalue weighted by molar-refractivity contribution is -0.115. The lowest BCUT2D eigenvalue weighted by atomic mass is 10.1. The first-order valence-corrected chi connectivity index (χ1v) is 4.14. The number of anilines is 2. The Kier molecular flexibility index (Phi) is 1.85. The number of urea groups is 1. The molecule has 0 fully saturated rings. The average Bonchev–Trinajstić information content (AvgIpc) is 2.42. The summed E-state index contributed by atoms with van der Waals surface area (Å²) in [7, 11) is 0. The van der Waals surface area contributed by atoms with Crippen molar-refractivity contribution in [2.45, 2.75) is 6.42 Å². The zero-order valence-corrected chi connectivity index (χ0v) is 7.33. The number of nitrogens with one attached hydrogen (secondary N) is 2. The first kappa shape index (κ1) is 8.55. The molecule has 0 atom stereocenters. The number of hydrogen-bond acceptors (Lipinski definition) is 2. The Balaban J connectivity index is 2.28. The van der Waals surface area contributed by atoms with Crippen LogP contribution in [0.3, 0.4) is 0 Å². The van der Waals surface area contributed by atoms with Crippen molar-refractivity contribution in [3.8, 4) is 0 Å². The van der Waals surface area contributed by atoms with E-state index in [0.717, 1.165) is 11.3 Å². The second-order valence-corrected chi connectivity index (χ2v) is 3.09. The van der Waals surface area contributed by atoms with Crippen molar-refractivity contribution in [1.82, 2.24) is 0 Å². The molecule has 5 heteroatoms. The minimum atomic E-state index is -0.616. The van der Waals surface area contributed by atoms with Crippen LogP contribution in [0.2, 0.25) is 0 Å². The molecule has 1 aliphatic rings. The molecule has 3 amide bonds. The van der Waals surface area contributed by atoms with Crippen molar-refractivity contribution in [3.63, 3.8) is 0 Å². The summed E-state index contributed by atoms with van der Waals surface area (Å²) < 4.78 is 0. The normalized spacial score (nSPS) is 13.3. The van der Waals surface area contributed by atoms with Crippen molar-refractivity contribution in [3.05, 3.63) is 23.8 Å². The molecule has 0 radical (unpaired) electrons. The second-order valence-electron chi connectivity index (χ2n) is 3.09. The standard InChI is InChI=1S/C9H9N3O2/c10-9(14)11-6-2-1-5-3-8(13)12-7(5)4-6/h1-2,4H,3H2,(H,12,13)(H3,10,11,14). The van der Waals surface area contributed by atoms with E-state index in [1.165, 1.54) is 0 Å². The van der Waals surface area contributed by atoms with E-state index in [9.17, 15) is 9.59 Å². The van der Waals surface area contributed by atoms with Crippen molar-refractivity contribution < 1.29 is 9.59 Å². The maximum Gasteiger partial charge on any atom is 0.316 e. The Bertz CT molecular complexity index is 415. The number of primary amides is 1. The Labute approximate surface area is 80.3 Å². The molecule has 1 heterocycles. The highest BCUT2D eigenvalue weighted by Gasteiger charge is 2.17. The fraction of sp³-hybridized carbons (Fsp3) is 0.111. The zero-order chi connectivity index (χ0) is 10.1. The maximum atomic E-state index is 11.0. The largest absolute Gasteiger partial charge is 0.351 e. The number of benzene rings is 1. The Morgan fingerprint density at radius 1 is 1.50 bits per heavy atom. The van der Waals surface area contributed by atoms with Crippen LogP contribution in [0.25, 0.3) is 0 Å². The van der Waals surface area contributed by atoms with Crippen LogP contribution in [0.4, 0.5) is 16.2 Å². The van der Waals surface area contributed by atoms with Gasteiger partial charge in [0.15, 0.2) is 0 Å².